The van der Waals surface area contributed by atoms with E-state index < -0.39 is 6.09 Å². The highest BCUT2D eigenvalue weighted by atomic mass is 16.6. The van der Waals surface area contributed by atoms with Gasteiger partial charge in [-0.1, -0.05) is 53.7 Å². The quantitative estimate of drug-likeness (QED) is 0.833. The van der Waals surface area contributed by atoms with Gasteiger partial charge in [0.05, 0.1) is 5.71 Å². The number of nitrogens with zero attached hydrogens (tertiary/aromatic N) is 2. The van der Waals surface area contributed by atoms with Crippen molar-refractivity contribution in [2.24, 2.45) is 5.16 Å². The minimum Gasteiger partial charge on any atom is -0.465 e. The topological polar surface area (TPSA) is 62.1 Å². The largest absolute Gasteiger partial charge is 0.465 e. The minimum atomic E-state index is -0.830. The number of amides is 1. The Balaban J connectivity index is 1.62. The van der Waals surface area contributed by atoms with Crippen LogP contribution in [-0.4, -0.2) is 34.4 Å². The van der Waals surface area contributed by atoms with Gasteiger partial charge in [-0.3, -0.25) is 0 Å². The zero-order chi connectivity index (χ0) is 16.8. The molecule has 0 radical (unpaired) electrons. The van der Waals surface area contributed by atoms with Gasteiger partial charge in [0.15, 0.2) is 0 Å². The molecule has 1 amide bonds. The molecule has 1 fully saturated rings. The second-order valence-electron chi connectivity index (χ2n) is 6.10. The highest BCUT2D eigenvalue weighted by molar-refractivity contribution is 6.02. The van der Waals surface area contributed by atoms with Gasteiger partial charge < -0.3 is 14.8 Å². The normalized spacial score (nSPS) is 21.8. The fourth-order valence-corrected chi connectivity index (χ4v) is 3.19. The average molecular weight is 326 g/mol. The summed E-state index contributed by atoms with van der Waals surface area (Å²) in [5.74, 6) is 0. The van der Waals surface area contributed by atoms with Gasteiger partial charge in [0.25, 0.3) is 0 Å². The van der Waals surface area contributed by atoms with Crippen molar-refractivity contribution in [1.82, 2.24) is 4.90 Å². The van der Waals surface area contributed by atoms with Crippen molar-refractivity contribution in [3.8, 4) is 0 Å². The van der Waals surface area contributed by atoms with Gasteiger partial charge >= 0.3 is 6.09 Å². The monoisotopic (exact) mass is 326 g/mol. The standard InChI is InChI=1S/C19H22N2O3/c22-19(23)21-12-6-10-17(21)13-16-9-4-5-11-18(16)20-24-14-15-7-2-1-3-8-15/h1-5,7-9,17H,6,10-14H2,(H,22,23). The Morgan fingerprint density at radius 2 is 2.17 bits per heavy atom. The summed E-state index contributed by atoms with van der Waals surface area (Å²) in [6.45, 7) is 1.06. The molecule has 0 saturated carbocycles. The lowest BCUT2D eigenvalue weighted by Crippen LogP contribution is -2.35. The Labute approximate surface area is 141 Å². The molecule has 2 aliphatic rings. The van der Waals surface area contributed by atoms with E-state index in [1.807, 2.05) is 48.6 Å². The van der Waals surface area contributed by atoms with Gasteiger partial charge in [-0.2, -0.15) is 0 Å². The van der Waals surface area contributed by atoms with Gasteiger partial charge in [-0.15, -0.1) is 0 Å². The molecule has 1 aromatic carbocycles. The highest BCUT2D eigenvalue weighted by Gasteiger charge is 2.30. The molecule has 1 heterocycles. The van der Waals surface area contributed by atoms with E-state index in [0.29, 0.717) is 19.6 Å². The number of carboxylic acid groups (broad SMARTS) is 1. The van der Waals surface area contributed by atoms with Crippen LogP contribution in [0.3, 0.4) is 0 Å². The zero-order valence-electron chi connectivity index (χ0n) is 13.6. The van der Waals surface area contributed by atoms with Crippen molar-refractivity contribution < 1.29 is 14.7 Å². The maximum absolute atomic E-state index is 11.3. The number of likely N-dealkylation sites (tertiary alicyclic amines) is 1. The first-order valence-electron chi connectivity index (χ1n) is 8.32. The summed E-state index contributed by atoms with van der Waals surface area (Å²) >= 11 is 0. The minimum absolute atomic E-state index is 0.0413. The smallest absolute Gasteiger partial charge is 0.407 e. The molecule has 0 spiro atoms. The van der Waals surface area contributed by atoms with Gasteiger partial charge in [0.2, 0.25) is 0 Å². The van der Waals surface area contributed by atoms with Crippen LogP contribution < -0.4 is 0 Å². The fraction of sp³-hybridized carbons (Fsp3) is 0.368. The van der Waals surface area contributed by atoms with Crippen LogP contribution in [0.5, 0.6) is 0 Å². The van der Waals surface area contributed by atoms with Crippen LogP contribution in [0.4, 0.5) is 4.79 Å². The van der Waals surface area contributed by atoms with E-state index in [1.54, 1.807) is 4.90 Å². The Hall–Kier alpha value is -2.56. The number of rotatable bonds is 5. The van der Waals surface area contributed by atoms with E-state index >= 15 is 0 Å². The van der Waals surface area contributed by atoms with Crippen molar-refractivity contribution in [3.05, 3.63) is 59.7 Å². The predicted molar refractivity (Wildman–Crippen MR) is 92.9 cm³/mol. The van der Waals surface area contributed by atoms with Crippen molar-refractivity contribution in [3.63, 3.8) is 0 Å². The first-order valence-corrected chi connectivity index (χ1v) is 8.32. The third-order valence-corrected chi connectivity index (χ3v) is 4.44. The summed E-state index contributed by atoms with van der Waals surface area (Å²) in [5.41, 5.74) is 3.04. The molecule has 24 heavy (non-hydrogen) atoms. The Morgan fingerprint density at radius 3 is 2.96 bits per heavy atom. The Kier molecular flexibility index (Phi) is 5.31. The molecule has 1 N–H and O–H groups in total. The van der Waals surface area contributed by atoms with Gasteiger partial charge in [-0.25, -0.2) is 4.79 Å². The molecule has 1 aliphatic heterocycles. The van der Waals surface area contributed by atoms with Crippen LogP contribution in [0.1, 0.15) is 31.2 Å². The second-order valence-corrected chi connectivity index (χ2v) is 6.10. The molecule has 1 unspecified atom stereocenters. The van der Waals surface area contributed by atoms with Crippen LogP contribution >= 0.6 is 0 Å². The number of hydrogen-bond donors (Lipinski definition) is 1. The fourth-order valence-electron chi connectivity index (χ4n) is 3.19. The summed E-state index contributed by atoms with van der Waals surface area (Å²) in [4.78, 5) is 18.4. The third kappa shape index (κ3) is 4.04. The molecule has 3 rings (SSSR count). The molecule has 1 aromatic rings. The average Bonchev–Trinajstić information content (AvgIpc) is 3.06. The van der Waals surface area contributed by atoms with Crippen LogP contribution in [0, 0.1) is 0 Å². The highest BCUT2D eigenvalue weighted by Crippen LogP contribution is 2.26. The van der Waals surface area contributed by atoms with E-state index in [2.05, 4.69) is 5.16 Å². The number of hydrogen-bond acceptors (Lipinski definition) is 3. The lowest BCUT2D eigenvalue weighted by atomic mass is 9.95. The second kappa shape index (κ2) is 7.81. The number of carbonyl (C=O) groups is 1. The van der Waals surface area contributed by atoms with Gasteiger partial charge in [0.1, 0.15) is 6.61 Å². The van der Waals surface area contributed by atoms with Crippen LogP contribution in [0.2, 0.25) is 0 Å². The molecule has 5 nitrogen and oxygen atoms in total. The van der Waals surface area contributed by atoms with E-state index in [9.17, 15) is 9.90 Å². The maximum Gasteiger partial charge on any atom is 0.407 e. The molecular weight excluding hydrogens is 304 g/mol. The first kappa shape index (κ1) is 16.3. The van der Waals surface area contributed by atoms with Crippen LogP contribution in [0.15, 0.2) is 59.3 Å². The molecular formula is C19H22N2O3. The third-order valence-electron chi connectivity index (χ3n) is 4.44. The Morgan fingerprint density at radius 1 is 1.33 bits per heavy atom. The number of benzene rings is 1. The van der Waals surface area contributed by atoms with E-state index in [4.69, 9.17) is 4.84 Å². The van der Waals surface area contributed by atoms with Gasteiger partial charge in [-0.05, 0) is 30.4 Å². The SMILES string of the molecule is O=C(O)N1CCCC1CC1=CC=CCC1=NOCc1ccccc1. The van der Waals surface area contributed by atoms with Crippen LogP contribution in [0.25, 0.3) is 0 Å². The van der Waals surface area contributed by atoms with E-state index in [0.717, 1.165) is 36.1 Å². The lowest BCUT2D eigenvalue weighted by molar-refractivity contribution is 0.129. The molecule has 0 aromatic heterocycles. The van der Waals surface area contributed by atoms with Crippen molar-refractivity contribution in [2.45, 2.75) is 38.3 Å². The molecule has 0 bridgehead atoms. The number of allylic oxidation sites excluding steroid dienone is 3. The van der Waals surface area contributed by atoms with E-state index in [-0.39, 0.29) is 6.04 Å². The van der Waals surface area contributed by atoms with Gasteiger partial charge in [0, 0.05) is 19.0 Å². The maximum atomic E-state index is 11.3. The Bertz CT molecular complexity index is 664. The summed E-state index contributed by atoms with van der Waals surface area (Å²) in [5, 5.41) is 13.6. The molecule has 126 valence electrons. The van der Waals surface area contributed by atoms with Crippen molar-refractivity contribution >= 4 is 11.8 Å². The molecule has 1 saturated heterocycles. The summed E-state index contributed by atoms with van der Waals surface area (Å²) < 4.78 is 0. The van der Waals surface area contributed by atoms with Crippen molar-refractivity contribution in [1.29, 1.82) is 0 Å². The van der Waals surface area contributed by atoms with Crippen LogP contribution in [-0.2, 0) is 11.4 Å². The van der Waals surface area contributed by atoms with Crippen molar-refractivity contribution in [2.75, 3.05) is 6.54 Å². The predicted octanol–water partition coefficient (Wildman–Crippen LogP) is 3.98. The molecule has 5 heteroatoms. The summed E-state index contributed by atoms with van der Waals surface area (Å²) in [6, 6.07) is 9.96. The number of oxime groups is 1. The molecule has 1 atom stereocenters. The zero-order valence-corrected chi connectivity index (χ0v) is 13.6. The lowest BCUT2D eigenvalue weighted by Gasteiger charge is -2.23. The molecule has 1 aliphatic carbocycles. The summed E-state index contributed by atoms with van der Waals surface area (Å²) in [7, 11) is 0. The first-order chi connectivity index (χ1) is 11.7. The van der Waals surface area contributed by atoms with E-state index in [1.165, 1.54) is 0 Å². The summed E-state index contributed by atoms with van der Waals surface area (Å²) in [6.07, 6.45) is 8.49.